The van der Waals surface area contributed by atoms with Crippen molar-refractivity contribution < 1.29 is 5.11 Å². The quantitative estimate of drug-likeness (QED) is 0.603. The van der Waals surface area contributed by atoms with E-state index < -0.39 is 0 Å². The lowest BCUT2D eigenvalue weighted by molar-refractivity contribution is 0.154. The second-order valence-electron chi connectivity index (χ2n) is 5.42. The third-order valence-electron chi connectivity index (χ3n) is 3.18. The number of rotatable bonds is 9. The molecule has 0 amide bonds. The zero-order chi connectivity index (χ0) is 11.7. The summed E-state index contributed by atoms with van der Waals surface area (Å²) in [6, 6.07) is 0. The van der Waals surface area contributed by atoms with Gasteiger partial charge in [-0.25, -0.2) is 0 Å². The minimum atomic E-state index is -0.0622. The first-order chi connectivity index (χ1) is 7.06. The first-order valence-corrected chi connectivity index (χ1v) is 6.74. The molecule has 0 saturated carbocycles. The Kier molecular flexibility index (Phi) is 9.18. The highest BCUT2D eigenvalue weighted by Crippen LogP contribution is 2.18. The van der Waals surface area contributed by atoms with Crippen molar-refractivity contribution in [3.8, 4) is 0 Å². The predicted molar refractivity (Wildman–Crippen MR) is 68.0 cm³/mol. The van der Waals surface area contributed by atoms with Gasteiger partial charge >= 0.3 is 0 Å². The van der Waals surface area contributed by atoms with Crippen molar-refractivity contribution in [3.63, 3.8) is 0 Å². The maximum absolute atomic E-state index is 9.42. The minimum Gasteiger partial charge on any atom is -0.393 e. The van der Waals surface area contributed by atoms with E-state index in [0.717, 1.165) is 24.7 Å². The molecule has 0 spiro atoms. The molecule has 0 saturated heterocycles. The van der Waals surface area contributed by atoms with Gasteiger partial charge in [-0.15, -0.1) is 0 Å². The summed E-state index contributed by atoms with van der Waals surface area (Å²) in [5.74, 6) is 1.69. The van der Waals surface area contributed by atoms with Gasteiger partial charge in [0.1, 0.15) is 0 Å². The van der Waals surface area contributed by atoms with Crippen molar-refractivity contribution >= 4 is 0 Å². The highest BCUT2D eigenvalue weighted by atomic mass is 16.3. The van der Waals surface area contributed by atoms with Crippen LogP contribution in [0.5, 0.6) is 0 Å². The molecule has 2 atom stereocenters. The van der Waals surface area contributed by atoms with Gasteiger partial charge in [0, 0.05) is 0 Å². The van der Waals surface area contributed by atoms with Crippen LogP contribution in [0.1, 0.15) is 72.6 Å². The van der Waals surface area contributed by atoms with Gasteiger partial charge in [-0.05, 0) is 24.7 Å². The third-order valence-corrected chi connectivity index (χ3v) is 3.18. The largest absolute Gasteiger partial charge is 0.393 e. The predicted octanol–water partition coefficient (Wildman–Crippen LogP) is 4.39. The molecule has 0 aliphatic rings. The first-order valence-electron chi connectivity index (χ1n) is 6.74. The van der Waals surface area contributed by atoms with Crippen molar-refractivity contribution in [2.24, 2.45) is 11.8 Å². The molecule has 0 unspecified atom stereocenters. The van der Waals surface area contributed by atoms with Crippen LogP contribution < -0.4 is 0 Å². The molecule has 0 rings (SSSR count). The Morgan fingerprint density at radius 1 is 0.867 bits per heavy atom. The van der Waals surface area contributed by atoms with Crippen LogP contribution in [0, 0.1) is 11.8 Å². The Balaban J connectivity index is 3.29. The van der Waals surface area contributed by atoms with Crippen LogP contribution in [0.2, 0.25) is 0 Å². The fraction of sp³-hybridized carbons (Fsp3) is 1.00. The minimum absolute atomic E-state index is 0.0622. The molecule has 0 heterocycles. The Bertz CT molecular complexity index is 131. The third kappa shape index (κ3) is 10.2. The van der Waals surface area contributed by atoms with E-state index in [1.165, 1.54) is 32.1 Å². The molecule has 0 aliphatic carbocycles. The highest BCUT2D eigenvalue weighted by Gasteiger charge is 2.05. The topological polar surface area (TPSA) is 20.2 Å². The summed E-state index contributed by atoms with van der Waals surface area (Å²) in [6.45, 7) is 8.99. The number of hydrogen-bond acceptors (Lipinski definition) is 1. The van der Waals surface area contributed by atoms with Gasteiger partial charge in [0.15, 0.2) is 0 Å². The van der Waals surface area contributed by atoms with Crippen molar-refractivity contribution in [2.75, 3.05) is 0 Å². The smallest absolute Gasteiger partial charge is 0.0537 e. The van der Waals surface area contributed by atoms with E-state index >= 15 is 0 Å². The van der Waals surface area contributed by atoms with Crippen molar-refractivity contribution in [1.29, 1.82) is 0 Å². The van der Waals surface area contributed by atoms with E-state index in [2.05, 4.69) is 27.7 Å². The summed E-state index contributed by atoms with van der Waals surface area (Å²) in [4.78, 5) is 0. The van der Waals surface area contributed by atoms with E-state index in [0.29, 0.717) is 0 Å². The van der Waals surface area contributed by atoms with Crippen molar-refractivity contribution in [2.45, 2.75) is 78.7 Å². The lowest BCUT2D eigenvalue weighted by atomic mass is 9.94. The Morgan fingerprint density at radius 3 is 1.87 bits per heavy atom. The molecule has 0 aromatic carbocycles. The summed E-state index contributed by atoms with van der Waals surface area (Å²) >= 11 is 0. The SMILES string of the molecule is CC[C@@H](O)CCC[C@H](C)CCCC(C)C. The van der Waals surface area contributed by atoms with Crippen LogP contribution in [0.4, 0.5) is 0 Å². The molecular weight excluding hydrogens is 184 g/mol. The normalized spacial score (nSPS) is 15.6. The van der Waals surface area contributed by atoms with Crippen LogP contribution in [0.3, 0.4) is 0 Å². The zero-order valence-electron chi connectivity index (χ0n) is 11.1. The molecule has 0 fully saturated rings. The lowest BCUT2D eigenvalue weighted by Crippen LogP contribution is -2.05. The molecule has 0 bridgehead atoms. The standard InChI is InChI=1S/C14H30O/c1-5-14(15)11-7-10-13(4)9-6-8-12(2)3/h12-15H,5-11H2,1-4H3/t13-,14-/m1/s1. The second kappa shape index (κ2) is 9.21. The van der Waals surface area contributed by atoms with Crippen LogP contribution in [0.15, 0.2) is 0 Å². The molecule has 0 aromatic rings. The van der Waals surface area contributed by atoms with E-state index in [1.807, 2.05) is 0 Å². The lowest BCUT2D eigenvalue weighted by Gasteiger charge is -2.13. The molecule has 0 aromatic heterocycles. The van der Waals surface area contributed by atoms with Gasteiger partial charge < -0.3 is 5.11 Å². The average Bonchev–Trinajstić information content (AvgIpc) is 2.17. The number of aliphatic hydroxyl groups is 1. The Labute approximate surface area is 96.3 Å². The second-order valence-corrected chi connectivity index (χ2v) is 5.42. The fourth-order valence-electron chi connectivity index (χ4n) is 1.92. The monoisotopic (exact) mass is 214 g/mol. The number of hydrogen-bond donors (Lipinski definition) is 1. The fourth-order valence-corrected chi connectivity index (χ4v) is 1.92. The molecule has 1 heteroatoms. The zero-order valence-corrected chi connectivity index (χ0v) is 11.1. The Hall–Kier alpha value is -0.0400. The van der Waals surface area contributed by atoms with E-state index in [1.54, 1.807) is 0 Å². The van der Waals surface area contributed by atoms with Gasteiger partial charge in [0.2, 0.25) is 0 Å². The molecule has 0 radical (unpaired) electrons. The van der Waals surface area contributed by atoms with Crippen LogP contribution in [-0.4, -0.2) is 11.2 Å². The van der Waals surface area contributed by atoms with Crippen molar-refractivity contribution in [1.82, 2.24) is 0 Å². The highest BCUT2D eigenvalue weighted by molar-refractivity contribution is 4.58. The molecular formula is C14H30O. The molecule has 92 valence electrons. The summed E-state index contributed by atoms with van der Waals surface area (Å²) in [5.41, 5.74) is 0. The maximum atomic E-state index is 9.42. The molecule has 15 heavy (non-hydrogen) atoms. The van der Waals surface area contributed by atoms with Gasteiger partial charge in [0.25, 0.3) is 0 Å². The van der Waals surface area contributed by atoms with Crippen LogP contribution >= 0.6 is 0 Å². The van der Waals surface area contributed by atoms with Crippen LogP contribution in [0.25, 0.3) is 0 Å². The van der Waals surface area contributed by atoms with E-state index in [9.17, 15) is 5.11 Å². The van der Waals surface area contributed by atoms with Gasteiger partial charge in [-0.3, -0.25) is 0 Å². The van der Waals surface area contributed by atoms with Gasteiger partial charge in [0.05, 0.1) is 6.10 Å². The molecule has 0 aliphatic heterocycles. The van der Waals surface area contributed by atoms with E-state index in [-0.39, 0.29) is 6.10 Å². The summed E-state index contributed by atoms with van der Waals surface area (Å²) < 4.78 is 0. The molecule has 1 N–H and O–H groups in total. The number of aliphatic hydroxyl groups excluding tert-OH is 1. The molecule has 1 nitrogen and oxygen atoms in total. The van der Waals surface area contributed by atoms with Gasteiger partial charge in [-0.2, -0.15) is 0 Å². The summed E-state index contributed by atoms with van der Waals surface area (Å²) in [7, 11) is 0. The first kappa shape index (κ1) is 15.0. The Morgan fingerprint density at radius 2 is 1.40 bits per heavy atom. The van der Waals surface area contributed by atoms with Crippen molar-refractivity contribution in [3.05, 3.63) is 0 Å². The van der Waals surface area contributed by atoms with E-state index in [4.69, 9.17) is 0 Å². The van der Waals surface area contributed by atoms with Gasteiger partial charge in [-0.1, -0.05) is 59.8 Å². The summed E-state index contributed by atoms with van der Waals surface area (Å²) in [5, 5.41) is 9.42. The summed E-state index contributed by atoms with van der Waals surface area (Å²) in [6.07, 6.45) is 8.41. The average molecular weight is 214 g/mol. The maximum Gasteiger partial charge on any atom is 0.0537 e. The van der Waals surface area contributed by atoms with Crippen LogP contribution in [-0.2, 0) is 0 Å².